The second kappa shape index (κ2) is 13.1. The standard InChI is InChI=1S/C33H33FN2O5/c1-21(2)31-30(33(41)35-25-11-7-4-8-12-25)29(22-9-5-3-6-10-22)32(23-13-15-24(34)16-14-23)36(31)18-17-26(37)19-27(38)20-28(39)40/h3-16,20-21,26,37-38H,17-19H2,1-2H3,(H,35,41)(H,39,40)/b27-20-. The van der Waals surface area contributed by atoms with E-state index in [1.54, 1.807) is 24.3 Å². The number of hydrogen-bond donors (Lipinski definition) is 4. The number of carboxylic acids is 1. The average molecular weight is 557 g/mol. The number of nitrogens with one attached hydrogen (secondary N) is 1. The number of carbonyl (C=O) groups is 2. The minimum atomic E-state index is -1.30. The molecule has 1 amide bonds. The number of anilines is 1. The first-order chi connectivity index (χ1) is 19.7. The van der Waals surface area contributed by atoms with Crippen LogP contribution in [-0.4, -0.2) is 37.9 Å². The fraction of sp³-hybridized carbons (Fsp3) is 0.212. The molecule has 1 unspecified atom stereocenters. The number of nitrogens with zero attached hydrogens (tertiary/aromatic N) is 1. The van der Waals surface area contributed by atoms with Crippen LogP contribution in [0, 0.1) is 5.82 Å². The molecule has 0 radical (unpaired) electrons. The van der Waals surface area contributed by atoms with Gasteiger partial charge in [0, 0.05) is 29.9 Å². The van der Waals surface area contributed by atoms with Gasteiger partial charge in [0.05, 0.1) is 23.4 Å². The summed E-state index contributed by atoms with van der Waals surface area (Å²) in [5.41, 5.74) is 4.69. The van der Waals surface area contributed by atoms with Crippen molar-refractivity contribution in [1.29, 1.82) is 0 Å². The average Bonchev–Trinajstić information content (AvgIpc) is 3.28. The molecule has 1 aromatic heterocycles. The second-order valence-corrected chi connectivity index (χ2v) is 10.1. The first kappa shape index (κ1) is 29.3. The van der Waals surface area contributed by atoms with Crippen molar-refractivity contribution in [3.63, 3.8) is 0 Å². The Labute approximate surface area is 238 Å². The third-order valence-electron chi connectivity index (χ3n) is 6.71. The lowest BCUT2D eigenvalue weighted by molar-refractivity contribution is -0.131. The van der Waals surface area contributed by atoms with Gasteiger partial charge in [0.1, 0.15) is 11.6 Å². The summed E-state index contributed by atoms with van der Waals surface area (Å²) in [6, 6.07) is 24.7. The Morgan fingerprint density at radius 3 is 2.10 bits per heavy atom. The minimum absolute atomic E-state index is 0.124. The van der Waals surface area contributed by atoms with Gasteiger partial charge in [-0.05, 0) is 59.9 Å². The van der Waals surface area contributed by atoms with Gasteiger partial charge in [-0.3, -0.25) is 4.79 Å². The predicted octanol–water partition coefficient (Wildman–Crippen LogP) is 7.00. The van der Waals surface area contributed by atoms with Crippen LogP contribution in [0.3, 0.4) is 0 Å². The van der Waals surface area contributed by atoms with Gasteiger partial charge in [-0.15, -0.1) is 0 Å². The van der Waals surface area contributed by atoms with E-state index in [4.69, 9.17) is 5.11 Å². The molecule has 0 spiro atoms. The molecule has 0 aliphatic carbocycles. The highest BCUT2D eigenvalue weighted by Gasteiger charge is 2.30. The van der Waals surface area contributed by atoms with Gasteiger partial charge >= 0.3 is 5.97 Å². The van der Waals surface area contributed by atoms with Crippen molar-refractivity contribution >= 4 is 17.6 Å². The van der Waals surface area contributed by atoms with Crippen LogP contribution in [0.15, 0.2) is 96.8 Å². The highest BCUT2D eigenvalue weighted by molar-refractivity contribution is 6.12. The molecule has 0 fully saturated rings. The Kier molecular flexibility index (Phi) is 9.37. The molecule has 1 heterocycles. The van der Waals surface area contributed by atoms with Gasteiger partial charge < -0.3 is 25.2 Å². The molecule has 1 atom stereocenters. The number of carboxylic acid groups (broad SMARTS) is 1. The molecule has 0 aliphatic heterocycles. The van der Waals surface area contributed by atoms with E-state index in [1.807, 2.05) is 66.9 Å². The summed E-state index contributed by atoms with van der Waals surface area (Å²) in [6.45, 7) is 4.21. The second-order valence-electron chi connectivity index (χ2n) is 10.1. The van der Waals surface area contributed by atoms with E-state index in [0.29, 0.717) is 34.1 Å². The van der Waals surface area contributed by atoms with Gasteiger partial charge in [-0.2, -0.15) is 0 Å². The van der Waals surface area contributed by atoms with Crippen molar-refractivity contribution in [1.82, 2.24) is 4.57 Å². The maximum absolute atomic E-state index is 14.0. The number of aliphatic hydroxyl groups excluding tert-OH is 2. The monoisotopic (exact) mass is 556 g/mol. The Balaban J connectivity index is 1.92. The number of carbonyl (C=O) groups excluding carboxylic acids is 1. The summed E-state index contributed by atoms with van der Waals surface area (Å²) >= 11 is 0. The zero-order valence-corrected chi connectivity index (χ0v) is 22.9. The SMILES string of the molecule is CC(C)c1c(C(=O)Nc2ccccc2)c(-c2ccccc2)c(-c2ccc(F)cc2)n1CCC(O)C/C(O)=C/C(=O)O. The predicted molar refractivity (Wildman–Crippen MR) is 157 cm³/mol. The van der Waals surface area contributed by atoms with E-state index in [0.717, 1.165) is 11.3 Å². The fourth-order valence-electron chi connectivity index (χ4n) is 5.03. The van der Waals surface area contributed by atoms with E-state index in [9.17, 15) is 24.2 Å². The maximum atomic E-state index is 14.0. The van der Waals surface area contributed by atoms with Gasteiger partial charge in [-0.25, -0.2) is 9.18 Å². The number of aliphatic carboxylic acids is 1. The molecule has 212 valence electrons. The van der Waals surface area contributed by atoms with E-state index in [-0.39, 0.29) is 31.2 Å². The van der Waals surface area contributed by atoms with Crippen LogP contribution >= 0.6 is 0 Å². The van der Waals surface area contributed by atoms with E-state index in [1.165, 1.54) is 12.1 Å². The van der Waals surface area contributed by atoms with Gasteiger partial charge in [0.2, 0.25) is 0 Å². The molecule has 4 aromatic rings. The van der Waals surface area contributed by atoms with E-state index >= 15 is 0 Å². The van der Waals surface area contributed by atoms with E-state index < -0.39 is 23.6 Å². The molecule has 0 saturated carbocycles. The molecular formula is C33H33FN2O5. The number of aliphatic hydroxyl groups is 2. The maximum Gasteiger partial charge on any atom is 0.331 e. The van der Waals surface area contributed by atoms with Crippen molar-refractivity contribution in [3.05, 3.63) is 114 Å². The van der Waals surface area contributed by atoms with Crippen LogP contribution in [-0.2, 0) is 11.3 Å². The summed E-state index contributed by atoms with van der Waals surface area (Å²) in [5, 5.41) is 32.5. The van der Waals surface area contributed by atoms with Crippen LogP contribution in [0.25, 0.3) is 22.4 Å². The lowest BCUT2D eigenvalue weighted by Crippen LogP contribution is -2.18. The van der Waals surface area contributed by atoms with Crippen molar-refractivity contribution in [2.75, 3.05) is 5.32 Å². The van der Waals surface area contributed by atoms with Crippen LogP contribution in [0.4, 0.5) is 10.1 Å². The summed E-state index contributed by atoms with van der Waals surface area (Å²) in [6.07, 6.45) is -0.463. The highest BCUT2D eigenvalue weighted by atomic mass is 19.1. The quantitative estimate of drug-likeness (QED) is 0.117. The van der Waals surface area contributed by atoms with Gasteiger partial charge in [0.15, 0.2) is 0 Å². The summed E-state index contributed by atoms with van der Waals surface area (Å²) < 4.78 is 16.0. The molecule has 4 rings (SSSR count). The molecule has 41 heavy (non-hydrogen) atoms. The number of amides is 1. The Morgan fingerprint density at radius 1 is 0.902 bits per heavy atom. The third-order valence-corrected chi connectivity index (χ3v) is 6.71. The molecule has 0 bridgehead atoms. The molecular weight excluding hydrogens is 523 g/mol. The van der Waals surface area contributed by atoms with Crippen molar-refractivity contribution < 1.29 is 29.3 Å². The van der Waals surface area contributed by atoms with Gasteiger partial charge in [-0.1, -0.05) is 62.4 Å². The topological polar surface area (TPSA) is 112 Å². The normalized spacial score (nSPS) is 12.4. The number of aromatic nitrogens is 1. The Bertz CT molecular complexity index is 1530. The first-order valence-corrected chi connectivity index (χ1v) is 13.4. The van der Waals surface area contributed by atoms with Crippen LogP contribution in [0.5, 0.6) is 0 Å². The van der Waals surface area contributed by atoms with Crippen molar-refractivity contribution in [2.45, 2.75) is 45.3 Å². The number of para-hydroxylation sites is 1. The fourth-order valence-corrected chi connectivity index (χ4v) is 5.03. The number of benzene rings is 3. The van der Waals surface area contributed by atoms with Crippen molar-refractivity contribution in [2.24, 2.45) is 0 Å². The molecule has 4 N–H and O–H groups in total. The summed E-state index contributed by atoms with van der Waals surface area (Å²) in [5.74, 6) is -2.56. The molecule has 0 aliphatic rings. The van der Waals surface area contributed by atoms with Gasteiger partial charge in [0.25, 0.3) is 5.91 Å². The summed E-state index contributed by atoms with van der Waals surface area (Å²) in [7, 11) is 0. The first-order valence-electron chi connectivity index (χ1n) is 13.4. The number of rotatable bonds is 11. The zero-order chi connectivity index (χ0) is 29.5. The molecule has 8 heteroatoms. The number of hydrogen-bond acceptors (Lipinski definition) is 4. The zero-order valence-electron chi connectivity index (χ0n) is 22.9. The number of halogens is 1. The van der Waals surface area contributed by atoms with Crippen LogP contribution in [0.1, 0.15) is 48.7 Å². The lowest BCUT2D eigenvalue weighted by atomic mass is 9.94. The Morgan fingerprint density at radius 2 is 1.51 bits per heavy atom. The highest BCUT2D eigenvalue weighted by Crippen LogP contribution is 2.42. The minimum Gasteiger partial charge on any atom is -0.512 e. The molecule has 3 aromatic carbocycles. The van der Waals surface area contributed by atoms with Crippen molar-refractivity contribution in [3.8, 4) is 22.4 Å². The smallest absolute Gasteiger partial charge is 0.331 e. The van der Waals surface area contributed by atoms with E-state index in [2.05, 4.69) is 5.32 Å². The lowest BCUT2D eigenvalue weighted by Gasteiger charge is -2.19. The third kappa shape index (κ3) is 7.10. The largest absolute Gasteiger partial charge is 0.512 e. The van der Waals surface area contributed by atoms with Crippen LogP contribution < -0.4 is 5.32 Å². The molecule has 0 saturated heterocycles. The molecule has 7 nitrogen and oxygen atoms in total. The Hall–Kier alpha value is -4.69. The summed E-state index contributed by atoms with van der Waals surface area (Å²) in [4.78, 5) is 24.9. The van der Waals surface area contributed by atoms with Crippen LogP contribution in [0.2, 0.25) is 0 Å².